The Morgan fingerprint density at radius 3 is 2.20 bits per heavy atom. The number of hydrogen-bond acceptors (Lipinski definition) is 0. The van der Waals surface area contributed by atoms with Crippen molar-refractivity contribution in [1.82, 2.24) is 0 Å². The second kappa shape index (κ2) is 5.89. The highest BCUT2D eigenvalue weighted by atomic mass is 19.1. The number of halogens is 1. The van der Waals surface area contributed by atoms with Gasteiger partial charge in [0.25, 0.3) is 0 Å². The molecule has 1 rings (SSSR count). The van der Waals surface area contributed by atoms with Crippen LogP contribution in [0.4, 0.5) is 4.39 Å². The van der Waals surface area contributed by atoms with Crippen LogP contribution in [0.5, 0.6) is 0 Å². The van der Waals surface area contributed by atoms with Crippen molar-refractivity contribution in [2.24, 2.45) is 5.92 Å². The van der Waals surface area contributed by atoms with Crippen LogP contribution in [0.1, 0.15) is 51.5 Å². The van der Waals surface area contributed by atoms with Crippen molar-refractivity contribution in [3.05, 3.63) is 35.6 Å². The van der Waals surface area contributed by atoms with Crippen LogP contribution in [0.15, 0.2) is 24.3 Å². The molecular formula is C14H21F. The summed E-state index contributed by atoms with van der Waals surface area (Å²) in [6, 6.07) is 6.95. The van der Waals surface area contributed by atoms with Gasteiger partial charge in [-0.15, -0.1) is 0 Å². The summed E-state index contributed by atoms with van der Waals surface area (Å²) in [7, 11) is 0. The summed E-state index contributed by atoms with van der Waals surface area (Å²) in [5, 5.41) is 0. The molecule has 84 valence electrons. The monoisotopic (exact) mass is 208 g/mol. The van der Waals surface area contributed by atoms with Crippen molar-refractivity contribution >= 4 is 0 Å². The average molecular weight is 208 g/mol. The Morgan fingerprint density at radius 2 is 1.73 bits per heavy atom. The molecule has 0 saturated carbocycles. The first-order chi connectivity index (χ1) is 7.19. The smallest absolute Gasteiger partial charge is 0.123 e. The Bertz CT molecular complexity index is 276. The zero-order chi connectivity index (χ0) is 11.3. The molecule has 0 fully saturated rings. The van der Waals surface area contributed by atoms with Crippen LogP contribution in [0, 0.1) is 11.7 Å². The minimum Gasteiger partial charge on any atom is -0.207 e. The molecular weight excluding hydrogens is 187 g/mol. The summed E-state index contributed by atoms with van der Waals surface area (Å²) in [5.74, 6) is 1.12. The maximum absolute atomic E-state index is 12.8. The third-order valence-electron chi connectivity index (χ3n) is 3.29. The SMILES string of the molecule is CCCC(CC)C(C)c1ccc(F)cc1. The lowest BCUT2D eigenvalue weighted by molar-refractivity contribution is 0.398. The highest BCUT2D eigenvalue weighted by Gasteiger charge is 2.16. The summed E-state index contributed by atoms with van der Waals surface area (Å²) in [4.78, 5) is 0. The molecule has 0 radical (unpaired) electrons. The van der Waals surface area contributed by atoms with E-state index in [1.54, 1.807) is 12.1 Å². The minimum atomic E-state index is -0.144. The fourth-order valence-corrected chi connectivity index (χ4v) is 2.22. The maximum Gasteiger partial charge on any atom is 0.123 e. The van der Waals surface area contributed by atoms with Crippen LogP contribution in [0.25, 0.3) is 0 Å². The molecule has 0 aliphatic rings. The molecule has 1 heteroatoms. The summed E-state index contributed by atoms with van der Waals surface area (Å²) in [6.07, 6.45) is 3.69. The second-order valence-electron chi connectivity index (χ2n) is 4.30. The Kier molecular flexibility index (Phi) is 4.80. The van der Waals surface area contributed by atoms with E-state index in [0.29, 0.717) is 5.92 Å². The van der Waals surface area contributed by atoms with Crippen LogP contribution in [0.2, 0.25) is 0 Å². The Morgan fingerprint density at radius 1 is 1.13 bits per heavy atom. The molecule has 1 aromatic rings. The maximum atomic E-state index is 12.8. The van der Waals surface area contributed by atoms with Crippen LogP contribution in [0.3, 0.4) is 0 Å². The van der Waals surface area contributed by atoms with E-state index in [0.717, 1.165) is 5.92 Å². The first-order valence-electron chi connectivity index (χ1n) is 5.94. The van der Waals surface area contributed by atoms with Crippen molar-refractivity contribution in [2.45, 2.75) is 46.0 Å². The van der Waals surface area contributed by atoms with Crippen molar-refractivity contribution in [3.8, 4) is 0 Å². The van der Waals surface area contributed by atoms with E-state index in [9.17, 15) is 4.39 Å². The van der Waals surface area contributed by atoms with E-state index in [1.165, 1.54) is 24.8 Å². The number of rotatable bonds is 5. The quantitative estimate of drug-likeness (QED) is 0.654. The van der Waals surface area contributed by atoms with Gasteiger partial charge in [-0.05, 0) is 29.5 Å². The van der Waals surface area contributed by atoms with Crippen molar-refractivity contribution in [2.75, 3.05) is 0 Å². The van der Waals surface area contributed by atoms with Gasteiger partial charge in [0.2, 0.25) is 0 Å². The molecule has 15 heavy (non-hydrogen) atoms. The molecule has 0 saturated heterocycles. The summed E-state index contributed by atoms with van der Waals surface area (Å²) in [5.41, 5.74) is 1.26. The van der Waals surface area contributed by atoms with Crippen LogP contribution >= 0.6 is 0 Å². The number of benzene rings is 1. The predicted octanol–water partition coefficient (Wildman–Crippen LogP) is 4.76. The van der Waals surface area contributed by atoms with Crippen molar-refractivity contribution in [3.63, 3.8) is 0 Å². The first-order valence-corrected chi connectivity index (χ1v) is 5.94. The summed E-state index contributed by atoms with van der Waals surface area (Å²) in [6.45, 7) is 6.71. The van der Waals surface area contributed by atoms with E-state index in [4.69, 9.17) is 0 Å². The van der Waals surface area contributed by atoms with Gasteiger partial charge >= 0.3 is 0 Å². The Balaban J connectivity index is 2.73. The van der Waals surface area contributed by atoms with Gasteiger partial charge in [0.15, 0.2) is 0 Å². The van der Waals surface area contributed by atoms with Crippen LogP contribution < -0.4 is 0 Å². The molecule has 0 nitrogen and oxygen atoms in total. The molecule has 2 atom stereocenters. The highest BCUT2D eigenvalue weighted by Crippen LogP contribution is 2.30. The second-order valence-corrected chi connectivity index (χ2v) is 4.30. The lowest BCUT2D eigenvalue weighted by Gasteiger charge is -2.22. The minimum absolute atomic E-state index is 0.144. The highest BCUT2D eigenvalue weighted by molar-refractivity contribution is 5.20. The van der Waals surface area contributed by atoms with E-state index in [2.05, 4.69) is 20.8 Å². The predicted molar refractivity (Wildman–Crippen MR) is 63.5 cm³/mol. The summed E-state index contributed by atoms with van der Waals surface area (Å²) >= 11 is 0. The van der Waals surface area contributed by atoms with Crippen molar-refractivity contribution in [1.29, 1.82) is 0 Å². The van der Waals surface area contributed by atoms with Gasteiger partial charge in [-0.3, -0.25) is 0 Å². The number of hydrogen-bond donors (Lipinski definition) is 0. The lowest BCUT2D eigenvalue weighted by atomic mass is 9.83. The zero-order valence-corrected chi connectivity index (χ0v) is 9.96. The van der Waals surface area contributed by atoms with Gasteiger partial charge in [-0.25, -0.2) is 4.39 Å². The Hall–Kier alpha value is -0.850. The van der Waals surface area contributed by atoms with E-state index >= 15 is 0 Å². The van der Waals surface area contributed by atoms with Crippen LogP contribution in [-0.2, 0) is 0 Å². The Labute approximate surface area is 92.5 Å². The molecule has 0 heterocycles. The third kappa shape index (κ3) is 3.33. The molecule has 0 aromatic heterocycles. The third-order valence-corrected chi connectivity index (χ3v) is 3.29. The lowest BCUT2D eigenvalue weighted by Crippen LogP contribution is -2.09. The van der Waals surface area contributed by atoms with E-state index < -0.39 is 0 Å². The fraction of sp³-hybridized carbons (Fsp3) is 0.571. The van der Waals surface area contributed by atoms with Gasteiger partial charge < -0.3 is 0 Å². The van der Waals surface area contributed by atoms with Crippen molar-refractivity contribution < 1.29 is 4.39 Å². The molecule has 0 aliphatic carbocycles. The largest absolute Gasteiger partial charge is 0.207 e. The zero-order valence-electron chi connectivity index (χ0n) is 9.96. The standard InChI is InChI=1S/C14H21F/c1-4-6-12(5-2)11(3)13-7-9-14(15)10-8-13/h7-12H,4-6H2,1-3H3. The molecule has 0 bridgehead atoms. The van der Waals surface area contributed by atoms with Crippen LogP contribution in [-0.4, -0.2) is 0 Å². The molecule has 0 aliphatic heterocycles. The topological polar surface area (TPSA) is 0 Å². The molecule has 0 N–H and O–H groups in total. The average Bonchev–Trinajstić information content (AvgIpc) is 2.26. The van der Waals surface area contributed by atoms with E-state index in [1.807, 2.05) is 12.1 Å². The van der Waals surface area contributed by atoms with Gasteiger partial charge in [-0.2, -0.15) is 0 Å². The normalized spacial score (nSPS) is 14.9. The molecule has 0 spiro atoms. The van der Waals surface area contributed by atoms with Gasteiger partial charge in [0.05, 0.1) is 0 Å². The van der Waals surface area contributed by atoms with E-state index in [-0.39, 0.29) is 5.82 Å². The first kappa shape index (κ1) is 12.2. The molecule has 2 unspecified atom stereocenters. The van der Waals surface area contributed by atoms with Gasteiger partial charge in [-0.1, -0.05) is 52.2 Å². The van der Waals surface area contributed by atoms with Gasteiger partial charge in [0.1, 0.15) is 5.82 Å². The molecule has 1 aromatic carbocycles. The summed E-state index contributed by atoms with van der Waals surface area (Å²) < 4.78 is 12.8. The van der Waals surface area contributed by atoms with Gasteiger partial charge in [0, 0.05) is 0 Å². The molecule has 0 amide bonds. The fourth-order valence-electron chi connectivity index (χ4n) is 2.22.